The quantitative estimate of drug-likeness (QED) is 0.718. The number of aliphatic imine (C=N–C) groups is 1. The van der Waals surface area contributed by atoms with Gasteiger partial charge in [-0.1, -0.05) is 32.1 Å². The topological polar surface area (TPSA) is 29.3 Å². The predicted octanol–water partition coefficient (Wildman–Crippen LogP) is 5.47. The van der Waals surface area contributed by atoms with Crippen LogP contribution in [-0.2, 0) is 13.5 Å². The molecule has 0 saturated heterocycles. The fourth-order valence-electron chi connectivity index (χ4n) is 3.94. The molecule has 1 aromatic heterocycles. The van der Waals surface area contributed by atoms with E-state index < -0.39 is 0 Å². The van der Waals surface area contributed by atoms with Crippen molar-refractivity contribution < 1.29 is 4.39 Å². The Balaban J connectivity index is 1.92. The van der Waals surface area contributed by atoms with Crippen molar-refractivity contribution in [1.29, 1.82) is 0 Å². The standard InChI is InChI=1S/C21H28FN3/c1-15(21-20(23-2)11-12-25(21)3)24-19-10-9-18(22)14-17(19)13-16-7-5-4-6-8-16/h9-12,14,16,23H,4-8,13H2,1-3H3. The Bertz CT molecular complexity index is 754. The van der Waals surface area contributed by atoms with Crippen LogP contribution in [0.4, 0.5) is 15.8 Å². The Kier molecular flexibility index (Phi) is 5.57. The van der Waals surface area contributed by atoms with Crippen molar-refractivity contribution in [1.82, 2.24) is 4.57 Å². The fraction of sp³-hybridized carbons (Fsp3) is 0.476. The summed E-state index contributed by atoms with van der Waals surface area (Å²) in [7, 11) is 3.93. The van der Waals surface area contributed by atoms with E-state index in [4.69, 9.17) is 4.99 Å². The number of rotatable bonds is 5. The molecule has 134 valence electrons. The van der Waals surface area contributed by atoms with E-state index in [0.29, 0.717) is 5.92 Å². The van der Waals surface area contributed by atoms with Gasteiger partial charge in [0.05, 0.1) is 22.8 Å². The maximum Gasteiger partial charge on any atom is 0.123 e. The molecule has 0 atom stereocenters. The maximum absolute atomic E-state index is 13.8. The largest absolute Gasteiger partial charge is 0.386 e. The lowest BCUT2D eigenvalue weighted by Gasteiger charge is -2.22. The highest BCUT2D eigenvalue weighted by molar-refractivity contribution is 6.03. The molecule has 1 aromatic carbocycles. The minimum atomic E-state index is -0.169. The van der Waals surface area contributed by atoms with E-state index in [9.17, 15) is 4.39 Å². The second-order valence-electron chi connectivity index (χ2n) is 7.12. The monoisotopic (exact) mass is 341 g/mol. The highest BCUT2D eigenvalue weighted by atomic mass is 19.1. The molecule has 0 bridgehead atoms. The van der Waals surface area contributed by atoms with Crippen molar-refractivity contribution in [3.05, 3.63) is 47.5 Å². The van der Waals surface area contributed by atoms with Crippen LogP contribution in [0.25, 0.3) is 0 Å². The van der Waals surface area contributed by atoms with E-state index in [1.54, 1.807) is 6.07 Å². The molecule has 0 radical (unpaired) electrons. The zero-order valence-corrected chi connectivity index (χ0v) is 15.5. The van der Waals surface area contributed by atoms with Gasteiger partial charge in [-0.25, -0.2) is 4.39 Å². The molecule has 1 aliphatic rings. The Morgan fingerprint density at radius 3 is 2.72 bits per heavy atom. The van der Waals surface area contributed by atoms with Crippen LogP contribution < -0.4 is 5.32 Å². The molecule has 1 saturated carbocycles. The fourth-order valence-corrected chi connectivity index (χ4v) is 3.94. The zero-order valence-electron chi connectivity index (χ0n) is 15.5. The molecule has 0 amide bonds. The molecule has 1 fully saturated rings. The molecular formula is C21H28FN3. The van der Waals surface area contributed by atoms with Crippen LogP contribution in [0.2, 0.25) is 0 Å². The molecule has 0 spiro atoms. The van der Waals surface area contributed by atoms with Gasteiger partial charge in [-0.2, -0.15) is 0 Å². The molecule has 25 heavy (non-hydrogen) atoms. The van der Waals surface area contributed by atoms with E-state index in [1.807, 2.05) is 39.3 Å². The first kappa shape index (κ1) is 17.7. The summed E-state index contributed by atoms with van der Waals surface area (Å²) in [5.74, 6) is 0.491. The molecule has 0 unspecified atom stereocenters. The minimum absolute atomic E-state index is 0.169. The van der Waals surface area contributed by atoms with Gasteiger partial charge in [0.25, 0.3) is 0 Å². The third-order valence-electron chi connectivity index (χ3n) is 5.25. The number of benzene rings is 1. The molecular weight excluding hydrogens is 313 g/mol. The first-order valence-corrected chi connectivity index (χ1v) is 9.25. The summed E-state index contributed by atoms with van der Waals surface area (Å²) in [5.41, 5.74) is 4.99. The average Bonchev–Trinajstić information content (AvgIpc) is 2.99. The number of aryl methyl sites for hydroxylation is 1. The average molecular weight is 341 g/mol. The number of nitrogens with one attached hydrogen (secondary N) is 1. The summed E-state index contributed by atoms with van der Waals surface area (Å²) < 4.78 is 15.9. The first-order chi connectivity index (χ1) is 12.1. The second-order valence-corrected chi connectivity index (χ2v) is 7.12. The van der Waals surface area contributed by atoms with Gasteiger partial charge in [0.1, 0.15) is 5.82 Å². The third kappa shape index (κ3) is 4.12. The summed E-state index contributed by atoms with van der Waals surface area (Å²) >= 11 is 0. The Morgan fingerprint density at radius 1 is 1.24 bits per heavy atom. The van der Waals surface area contributed by atoms with Gasteiger partial charge >= 0.3 is 0 Å². The van der Waals surface area contributed by atoms with Crippen molar-refractivity contribution in [2.45, 2.75) is 45.4 Å². The highest BCUT2D eigenvalue weighted by Gasteiger charge is 2.17. The van der Waals surface area contributed by atoms with Crippen LogP contribution in [0.15, 0.2) is 35.5 Å². The lowest BCUT2D eigenvalue weighted by Crippen LogP contribution is -2.10. The van der Waals surface area contributed by atoms with E-state index in [0.717, 1.165) is 34.8 Å². The van der Waals surface area contributed by atoms with E-state index in [2.05, 4.69) is 9.88 Å². The highest BCUT2D eigenvalue weighted by Crippen LogP contribution is 2.31. The second kappa shape index (κ2) is 7.85. The van der Waals surface area contributed by atoms with Crippen molar-refractivity contribution in [2.75, 3.05) is 12.4 Å². The van der Waals surface area contributed by atoms with Gasteiger partial charge in [-0.15, -0.1) is 0 Å². The van der Waals surface area contributed by atoms with E-state index >= 15 is 0 Å². The smallest absolute Gasteiger partial charge is 0.123 e. The van der Waals surface area contributed by atoms with Gasteiger partial charge in [0.15, 0.2) is 0 Å². The lowest BCUT2D eigenvalue weighted by molar-refractivity contribution is 0.356. The number of hydrogen-bond acceptors (Lipinski definition) is 2. The molecule has 3 nitrogen and oxygen atoms in total. The molecule has 4 heteroatoms. The Labute approximate surface area is 150 Å². The molecule has 1 N–H and O–H groups in total. The SMILES string of the molecule is CNc1ccn(C)c1C(C)=Nc1ccc(F)cc1CC1CCCCC1. The zero-order chi connectivity index (χ0) is 17.8. The number of nitrogens with zero attached hydrogens (tertiary/aromatic N) is 2. The number of anilines is 1. The molecule has 1 aliphatic carbocycles. The Morgan fingerprint density at radius 2 is 2.00 bits per heavy atom. The minimum Gasteiger partial charge on any atom is -0.386 e. The van der Waals surface area contributed by atoms with Crippen LogP contribution in [0.1, 0.15) is 50.3 Å². The van der Waals surface area contributed by atoms with Gasteiger partial charge < -0.3 is 9.88 Å². The van der Waals surface area contributed by atoms with Crippen LogP contribution in [0.3, 0.4) is 0 Å². The normalized spacial score (nSPS) is 16.2. The summed E-state index contributed by atoms with van der Waals surface area (Å²) in [4.78, 5) is 4.87. The summed E-state index contributed by atoms with van der Waals surface area (Å²) in [6, 6.07) is 7.05. The summed E-state index contributed by atoms with van der Waals surface area (Å²) in [6.07, 6.45) is 9.38. The molecule has 1 heterocycles. The number of halogens is 1. The molecule has 3 rings (SSSR count). The van der Waals surface area contributed by atoms with Crippen LogP contribution in [-0.4, -0.2) is 17.3 Å². The van der Waals surface area contributed by atoms with Crippen molar-refractivity contribution in [3.63, 3.8) is 0 Å². The van der Waals surface area contributed by atoms with Gasteiger partial charge in [-0.05, 0) is 49.1 Å². The summed E-state index contributed by atoms with van der Waals surface area (Å²) in [6.45, 7) is 2.02. The van der Waals surface area contributed by atoms with Crippen molar-refractivity contribution in [3.8, 4) is 0 Å². The van der Waals surface area contributed by atoms with Crippen molar-refractivity contribution >= 4 is 17.1 Å². The Hall–Kier alpha value is -2.10. The first-order valence-electron chi connectivity index (χ1n) is 9.25. The molecule has 2 aromatic rings. The van der Waals surface area contributed by atoms with Crippen LogP contribution in [0.5, 0.6) is 0 Å². The summed E-state index contributed by atoms with van der Waals surface area (Å²) in [5, 5.41) is 3.21. The number of aromatic nitrogens is 1. The van der Waals surface area contributed by atoms with Crippen LogP contribution >= 0.6 is 0 Å². The van der Waals surface area contributed by atoms with E-state index in [-0.39, 0.29) is 5.82 Å². The van der Waals surface area contributed by atoms with Crippen molar-refractivity contribution in [2.24, 2.45) is 18.0 Å². The maximum atomic E-state index is 13.8. The third-order valence-corrected chi connectivity index (χ3v) is 5.25. The predicted molar refractivity (Wildman–Crippen MR) is 104 cm³/mol. The van der Waals surface area contributed by atoms with Gasteiger partial charge in [0.2, 0.25) is 0 Å². The number of hydrogen-bond donors (Lipinski definition) is 1. The van der Waals surface area contributed by atoms with Gasteiger partial charge in [0, 0.05) is 20.3 Å². The van der Waals surface area contributed by atoms with E-state index in [1.165, 1.54) is 38.2 Å². The lowest BCUT2D eigenvalue weighted by atomic mass is 9.84. The molecule has 0 aliphatic heterocycles. The van der Waals surface area contributed by atoms with Gasteiger partial charge in [-0.3, -0.25) is 4.99 Å². The van der Waals surface area contributed by atoms with Crippen LogP contribution in [0, 0.1) is 11.7 Å².